The van der Waals surface area contributed by atoms with Crippen LogP contribution in [-0.2, 0) is 5.33 Å². The van der Waals surface area contributed by atoms with Gasteiger partial charge in [-0.05, 0) is 12.5 Å². The van der Waals surface area contributed by atoms with E-state index in [0.29, 0.717) is 0 Å². The summed E-state index contributed by atoms with van der Waals surface area (Å²) in [6, 6.07) is 6.14. The van der Waals surface area contributed by atoms with E-state index in [1.54, 1.807) is 7.11 Å². The predicted molar refractivity (Wildman–Crippen MR) is 50.4 cm³/mol. The maximum atomic E-state index is 5.24. The molecule has 0 N–H and O–H groups in total. The van der Waals surface area contributed by atoms with Gasteiger partial charge >= 0.3 is 0 Å². The number of hydrogen-bond donors (Lipinski definition) is 0. The highest BCUT2D eigenvalue weighted by Gasteiger charge is 2.02. The SMILES string of the molecule is COc1c(C)cccc1CBr. The van der Waals surface area contributed by atoms with E-state index in [4.69, 9.17) is 4.74 Å². The average molecular weight is 215 g/mol. The van der Waals surface area contributed by atoms with Gasteiger partial charge in [0.2, 0.25) is 0 Å². The number of aryl methyl sites for hydroxylation is 1. The number of benzene rings is 1. The van der Waals surface area contributed by atoms with Crippen LogP contribution in [0.5, 0.6) is 5.75 Å². The molecule has 1 rings (SSSR count). The Morgan fingerprint density at radius 2 is 2.18 bits per heavy atom. The minimum Gasteiger partial charge on any atom is -0.496 e. The molecule has 0 aromatic heterocycles. The van der Waals surface area contributed by atoms with E-state index in [9.17, 15) is 0 Å². The topological polar surface area (TPSA) is 9.23 Å². The van der Waals surface area contributed by atoms with Crippen molar-refractivity contribution >= 4 is 15.9 Å². The summed E-state index contributed by atoms with van der Waals surface area (Å²) >= 11 is 3.40. The summed E-state index contributed by atoms with van der Waals surface area (Å²) < 4.78 is 5.24. The molecule has 0 atom stereocenters. The predicted octanol–water partition coefficient (Wildman–Crippen LogP) is 2.90. The van der Waals surface area contributed by atoms with Crippen molar-refractivity contribution in [2.24, 2.45) is 0 Å². The normalized spacial score (nSPS) is 9.73. The summed E-state index contributed by atoms with van der Waals surface area (Å²) in [4.78, 5) is 0. The van der Waals surface area contributed by atoms with Crippen LogP contribution >= 0.6 is 15.9 Å². The summed E-state index contributed by atoms with van der Waals surface area (Å²) in [6.07, 6.45) is 0. The van der Waals surface area contributed by atoms with Crippen LogP contribution in [0.15, 0.2) is 18.2 Å². The lowest BCUT2D eigenvalue weighted by Crippen LogP contribution is -1.91. The third-order valence-electron chi connectivity index (χ3n) is 1.64. The smallest absolute Gasteiger partial charge is 0.125 e. The van der Waals surface area contributed by atoms with Crippen LogP contribution in [-0.4, -0.2) is 7.11 Å². The molecule has 2 heteroatoms. The molecule has 0 unspecified atom stereocenters. The first kappa shape index (κ1) is 8.60. The molecular formula is C9H11BrO. The zero-order chi connectivity index (χ0) is 8.27. The van der Waals surface area contributed by atoms with Crippen molar-refractivity contribution in [3.63, 3.8) is 0 Å². The van der Waals surface area contributed by atoms with Crippen LogP contribution in [0.25, 0.3) is 0 Å². The number of ether oxygens (including phenoxy) is 1. The summed E-state index contributed by atoms with van der Waals surface area (Å²) in [6.45, 7) is 2.05. The summed E-state index contributed by atoms with van der Waals surface area (Å²) in [7, 11) is 1.70. The lowest BCUT2D eigenvalue weighted by Gasteiger charge is -2.07. The van der Waals surface area contributed by atoms with Crippen molar-refractivity contribution < 1.29 is 4.74 Å². The van der Waals surface area contributed by atoms with Gasteiger partial charge in [-0.3, -0.25) is 0 Å². The number of alkyl halides is 1. The van der Waals surface area contributed by atoms with Gasteiger partial charge in [0.15, 0.2) is 0 Å². The molecule has 1 aromatic carbocycles. The third-order valence-corrected chi connectivity index (χ3v) is 2.25. The number of methoxy groups -OCH3 is 1. The Balaban J connectivity index is 3.13. The van der Waals surface area contributed by atoms with Gasteiger partial charge in [-0.1, -0.05) is 34.1 Å². The summed E-state index contributed by atoms with van der Waals surface area (Å²) in [5, 5.41) is 0.845. The minimum atomic E-state index is 0.845. The van der Waals surface area contributed by atoms with E-state index >= 15 is 0 Å². The second kappa shape index (κ2) is 3.77. The van der Waals surface area contributed by atoms with E-state index in [1.807, 2.05) is 19.1 Å². The van der Waals surface area contributed by atoms with Gasteiger partial charge in [0.25, 0.3) is 0 Å². The fourth-order valence-electron chi connectivity index (χ4n) is 1.11. The van der Waals surface area contributed by atoms with E-state index < -0.39 is 0 Å². The van der Waals surface area contributed by atoms with Gasteiger partial charge in [-0.2, -0.15) is 0 Å². The molecular weight excluding hydrogens is 204 g/mol. The molecule has 0 aliphatic rings. The van der Waals surface area contributed by atoms with Gasteiger partial charge in [0.05, 0.1) is 7.11 Å². The Labute approximate surface area is 75.5 Å². The van der Waals surface area contributed by atoms with Crippen molar-refractivity contribution in [1.29, 1.82) is 0 Å². The van der Waals surface area contributed by atoms with Crippen LogP contribution in [0.4, 0.5) is 0 Å². The molecule has 0 fully saturated rings. The average Bonchev–Trinajstić information content (AvgIpc) is 2.04. The quantitative estimate of drug-likeness (QED) is 0.689. The number of halogens is 1. The number of rotatable bonds is 2. The summed E-state index contributed by atoms with van der Waals surface area (Å²) in [5.41, 5.74) is 2.39. The van der Waals surface area contributed by atoms with Crippen molar-refractivity contribution in [1.82, 2.24) is 0 Å². The molecule has 0 saturated carbocycles. The summed E-state index contributed by atoms with van der Waals surface area (Å²) in [5.74, 6) is 0.990. The molecule has 0 aliphatic heterocycles. The second-order valence-corrected chi connectivity index (χ2v) is 2.96. The molecule has 1 aromatic rings. The molecule has 0 saturated heterocycles. The molecule has 0 bridgehead atoms. The standard InChI is InChI=1S/C9H11BrO/c1-7-4-3-5-8(6-10)9(7)11-2/h3-5H,6H2,1-2H3. The molecule has 11 heavy (non-hydrogen) atoms. The minimum absolute atomic E-state index is 0.845. The highest BCUT2D eigenvalue weighted by Crippen LogP contribution is 2.24. The van der Waals surface area contributed by atoms with Crippen molar-refractivity contribution in [3.8, 4) is 5.75 Å². The molecule has 0 spiro atoms. The van der Waals surface area contributed by atoms with E-state index in [-0.39, 0.29) is 0 Å². The number of hydrogen-bond acceptors (Lipinski definition) is 1. The maximum absolute atomic E-state index is 5.24. The van der Waals surface area contributed by atoms with E-state index in [2.05, 4.69) is 22.0 Å². The lowest BCUT2D eigenvalue weighted by atomic mass is 10.1. The van der Waals surface area contributed by atoms with Crippen molar-refractivity contribution in [2.45, 2.75) is 12.3 Å². The van der Waals surface area contributed by atoms with E-state index in [1.165, 1.54) is 11.1 Å². The molecule has 1 nitrogen and oxygen atoms in total. The monoisotopic (exact) mass is 214 g/mol. The Morgan fingerprint density at radius 1 is 1.45 bits per heavy atom. The Hall–Kier alpha value is -0.500. The van der Waals surface area contributed by atoms with Gasteiger partial charge in [0.1, 0.15) is 5.75 Å². The largest absolute Gasteiger partial charge is 0.496 e. The third kappa shape index (κ3) is 1.74. The van der Waals surface area contributed by atoms with Gasteiger partial charge < -0.3 is 4.74 Å². The van der Waals surface area contributed by atoms with Gasteiger partial charge in [-0.25, -0.2) is 0 Å². The van der Waals surface area contributed by atoms with Gasteiger partial charge in [-0.15, -0.1) is 0 Å². The maximum Gasteiger partial charge on any atom is 0.125 e. The van der Waals surface area contributed by atoms with Crippen LogP contribution in [0.2, 0.25) is 0 Å². The molecule has 0 heterocycles. The lowest BCUT2D eigenvalue weighted by molar-refractivity contribution is 0.408. The Morgan fingerprint density at radius 3 is 2.64 bits per heavy atom. The zero-order valence-electron chi connectivity index (χ0n) is 6.73. The van der Waals surface area contributed by atoms with Crippen LogP contribution in [0, 0.1) is 6.92 Å². The first-order chi connectivity index (χ1) is 5.29. The first-order valence-corrected chi connectivity index (χ1v) is 4.60. The zero-order valence-corrected chi connectivity index (χ0v) is 8.31. The highest BCUT2D eigenvalue weighted by atomic mass is 79.9. The Kier molecular flexibility index (Phi) is 2.94. The molecule has 0 amide bonds. The van der Waals surface area contributed by atoms with Crippen LogP contribution in [0.3, 0.4) is 0 Å². The van der Waals surface area contributed by atoms with Gasteiger partial charge in [0, 0.05) is 10.9 Å². The van der Waals surface area contributed by atoms with Crippen LogP contribution in [0.1, 0.15) is 11.1 Å². The number of para-hydroxylation sites is 1. The molecule has 0 aliphatic carbocycles. The van der Waals surface area contributed by atoms with Crippen LogP contribution < -0.4 is 4.74 Å². The fourth-order valence-corrected chi connectivity index (χ4v) is 1.55. The fraction of sp³-hybridized carbons (Fsp3) is 0.333. The van der Waals surface area contributed by atoms with E-state index in [0.717, 1.165) is 11.1 Å². The highest BCUT2D eigenvalue weighted by molar-refractivity contribution is 9.08. The first-order valence-electron chi connectivity index (χ1n) is 3.48. The molecule has 60 valence electrons. The van der Waals surface area contributed by atoms with Crippen molar-refractivity contribution in [3.05, 3.63) is 29.3 Å². The molecule has 0 radical (unpaired) electrons. The Bertz CT molecular complexity index is 245. The van der Waals surface area contributed by atoms with Crippen molar-refractivity contribution in [2.75, 3.05) is 7.11 Å². The second-order valence-electron chi connectivity index (χ2n) is 2.40.